The Balaban J connectivity index is 2.07. The Morgan fingerprint density at radius 2 is 2.36 bits per heavy atom. The minimum atomic E-state index is 0.228. The van der Waals surface area contributed by atoms with Crippen LogP contribution in [0.2, 0.25) is 0 Å². The number of hydrogen-bond acceptors (Lipinski definition) is 5. The predicted octanol–water partition coefficient (Wildman–Crippen LogP) is 2.11. The predicted molar refractivity (Wildman–Crippen MR) is 56.2 cm³/mol. The monoisotopic (exact) mass is 206 g/mol. The Labute approximate surface area is 86.2 Å². The molecule has 4 nitrogen and oxygen atoms in total. The van der Waals surface area contributed by atoms with Crippen LogP contribution in [0.25, 0.3) is 0 Å². The second-order valence-corrected chi connectivity index (χ2v) is 3.72. The van der Waals surface area contributed by atoms with E-state index in [9.17, 15) is 0 Å². The third-order valence-electron chi connectivity index (χ3n) is 1.90. The fraction of sp³-hybridized carbons (Fsp3) is 0.222. The van der Waals surface area contributed by atoms with Crippen molar-refractivity contribution in [2.24, 2.45) is 0 Å². The van der Waals surface area contributed by atoms with E-state index in [1.165, 1.54) is 11.5 Å². The van der Waals surface area contributed by atoms with Crippen LogP contribution in [0.15, 0.2) is 30.7 Å². The van der Waals surface area contributed by atoms with Gasteiger partial charge in [-0.05, 0) is 18.6 Å². The molecule has 0 amide bonds. The SMILES string of the molecule is CC(Nc1cnns1)c1cccnc1. The molecule has 1 N–H and O–H groups in total. The highest BCUT2D eigenvalue weighted by Gasteiger charge is 2.05. The minimum absolute atomic E-state index is 0.228. The molecule has 0 aliphatic rings. The first-order valence-corrected chi connectivity index (χ1v) is 5.07. The second-order valence-electron chi connectivity index (χ2n) is 2.93. The van der Waals surface area contributed by atoms with Gasteiger partial charge in [0.15, 0.2) is 0 Å². The maximum atomic E-state index is 4.07. The van der Waals surface area contributed by atoms with Gasteiger partial charge in [-0.25, -0.2) is 0 Å². The number of rotatable bonds is 3. The maximum Gasteiger partial charge on any atom is 0.130 e. The Hall–Kier alpha value is -1.49. The lowest BCUT2D eigenvalue weighted by atomic mass is 10.1. The fourth-order valence-electron chi connectivity index (χ4n) is 1.16. The van der Waals surface area contributed by atoms with Crippen molar-refractivity contribution >= 4 is 16.5 Å². The van der Waals surface area contributed by atoms with Crippen LogP contribution in [0, 0.1) is 0 Å². The van der Waals surface area contributed by atoms with E-state index in [0.29, 0.717) is 0 Å². The molecule has 0 spiro atoms. The van der Waals surface area contributed by atoms with Crippen LogP contribution in [-0.4, -0.2) is 14.6 Å². The maximum absolute atomic E-state index is 4.07. The fourth-order valence-corrected chi connectivity index (χ4v) is 1.67. The first kappa shape index (κ1) is 9.08. The molecule has 2 heterocycles. The van der Waals surface area contributed by atoms with E-state index in [0.717, 1.165) is 10.6 Å². The van der Waals surface area contributed by atoms with Gasteiger partial charge in [0.25, 0.3) is 0 Å². The van der Waals surface area contributed by atoms with Crippen LogP contribution < -0.4 is 5.32 Å². The molecule has 0 aromatic carbocycles. The van der Waals surface area contributed by atoms with E-state index < -0.39 is 0 Å². The van der Waals surface area contributed by atoms with Crippen LogP contribution >= 0.6 is 11.5 Å². The Morgan fingerprint density at radius 3 is 3.00 bits per heavy atom. The van der Waals surface area contributed by atoms with Crippen molar-refractivity contribution in [1.29, 1.82) is 0 Å². The Kier molecular flexibility index (Phi) is 2.69. The summed E-state index contributed by atoms with van der Waals surface area (Å²) < 4.78 is 3.78. The van der Waals surface area contributed by atoms with Gasteiger partial charge in [0.05, 0.1) is 12.2 Å². The summed E-state index contributed by atoms with van der Waals surface area (Å²) in [6.07, 6.45) is 5.34. The number of pyridine rings is 1. The van der Waals surface area contributed by atoms with E-state index in [2.05, 4.69) is 26.8 Å². The van der Waals surface area contributed by atoms with Crippen LogP contribution in [0.3, 0.4) is 0 Å². The highest BCUT2D eigenvalue weighted by atomic mass is 32.1. The van der Waals surface area contributed by atoms with Gasteiger partial charge in [-0.3, -0.25) is 4.98 Å². The second kappa shape index (κ2) is 4.15. The molecule has 0 radical (unpaired) electrons. The number of anilines is 1. The van der Waals surface area contributed by atoms with Crippen LogP contribution in [0.5, 0.6) is 0 Å². The molecule has 0 saturated carbocycles. The normalized spacial score (nSPS) is 12.4. The summed E-state index contributed by atoms with van der Waals surface area (Å²) in [5, 5.41) is 8.02. The van der Waals surface area contributed by atoms with Gasteiger partial charge < -0.3 is 5.32 Å². The highest BCUT2D eigenvalue weighted by Crippen LogP contribution is 2.19. The number of nitrogens with one attached hydrogen (secondary N) is 1. The summed E-state index contributed by atoms with van der Waals surface area (Å²) in [4.78, 5) is 4.07. The molecule has 0 aliphatic carbocycles. The first-order valence-electron chi connectivity index (χ1n) is 4.30. The molecule has 0 saturated heterocycles. The third kappa shape index (κ3) is 2.05. The van der Waals surface area contributed by atoms with Crippen molar-refractivity contribution < 1.29 is 0 Å². The lowest BCUT2D eigenvalue weighted by Crippen LogP contribution is -2.05. The molecule has 0 fully saturated rings. The molecular weight excluding hydrogens is 196 g/mol. The van der Waals surface area contributed by atoms with Crippen molar-refractivity contribution in [3.8, 4) is 0 Å². The van der Waals surface area contributed by atoms with Crippen molar-refractivity contribution in [3.63, 3.8) is 0 Å². The van der Waals surface area contributed by atoms with Gasteiger partial charge in [0.1, 0.15) is 5.00 Å². The highest BCUT2D eigenvalue weighted by molar-refractivity contribution is 7.09. The van der Waals surface area contributed by atoms with Gasteiger partial charge in [-0.15, -0.1) is 5.10 Å². The molecule has 1 atom stereocenters. The van der Waals surface area contributed by atoms with Crippen molar-refractivity contribution in [2.45, 2.75) is 13.0 Å². The average Bonchev–Trinajstić information content (AvgIpc) is 2.72. The van der Waals surface area contributed by atoms with Gasteiger partial charge in [-0.1, -0.05) is 10.6 Å². The summed E-state index contributed by atoms with van der Waals surface area (Å²) in [7, 11) is 0. The third-order valence-corrected chi connectivity index (χ3v) is 2.50. The van der Waals surface area contributed by atoms with E-state index in [-0.39, 0.29) is 6.04 Å². The Morgan fingerprint density at radius 1 is 1.43 bits per heavy atom. The van der Waals surface area contributed by atoms with E-state index in [4.69, 9.17) is 0 Å². The molecule has 14 heavy (non-hydrogen) atoms. The smallest absolute Gasteiger partial charge is 0.130 e. The Bertz CT molecular complexity index is 373. The summed E-state index contributed by atoms with van der Waals surface area (Å²) in [6, 6.07) is 4.20. The molecule has 72 valence electrons. The summed E-state index contributed by atoms with van der Waals surface area (Å²) in [5.74, 6) is 0. The van der Waals surface area contributed by atoms with Crippen molar-refractivity contribution in [1.82, 2.24) is 14.6 Å². The number of hydrogen-bond donors (Lipinski definition) is 1. The van der Waals surface area contributed by atoms with E-state index >= 15 is 0 Å². The van der Waals surface area contributed by atoms with Gasteiger partial charge in [-0.2, -0.15) is 0 Å². The largest absolute Gasteiger partial charge is 0.368 e. The minimum Gasteiger partial charge on any atom is -0.368 e. The lowest BCUT2D eigenvalue weighted by molar-refractivity contribution is 0.879. The lowest BCUT2D eigenvalue weighted by Gasteiger charge is -2.12. The molecule has 5 heteroatoms. The standard InChI is InChI=1S/C9H10N4S/c1-7(8-3-2-4-10-5-8)12-9-6-11-13-14-9/h2-7,12H,1H3. The van der Waals surface area contributed by atoms with Crippen LogP contribution in [-0.2, 0) is 0 Å². The zero-order valence-electron chi connectivity index (χ0n) is 7.71. The zero-order chi connectivity index (χ0) is 9.80. The van der Waals surface area contributed by atoms with Gasteiger partial charge in [0, 0.05) is 23.9 Å². The molecule has 2 aromatic rings. The molecule has 2 rings (SSSR count). The van der Waals surface area contributed by atoms with Crippen molar-refractivity contribution in [2.75, 3.05) is 5.32 Å². The van der Waals surface area contributed by atoms with Crippen LogP contribution in [0.1, 0.15) is 18.5 Å². The van der Waals surface area contributed by atoms with Crippen LogP contribution in [0.4, 0.5) is 5.00 Å². The van der Waals surface area contributed by atoms with E-state index in [1.54, 1.807) is 12.4 Å². The van der Waals surface area contributed by atoms with E-state index in [1.807, 2.05) is 18.3 Å². The van der Waals surface area contributed by atoms with Gasteiger partial charge in [0.2, 0.25) is 0 Å². The van der Waals surface area contributed by atoms with Gasteiger partial charge >= 0.3 is 0 Å². The zero-order valence-corrected chi connectivity index (χ0v) is 8.53. The summed E-state index contributed by atoms with van der Waals surface area (Å²) >= 11 is 1.35. The average molecular weight is 206 g/mol. The quantitative estimate of drug-likeness (QED) is 0.835. The molecule has 0 aliphatic heterocycles. The molecule has 1 unspecified atom stereocenters. The molecule has 0 bridgehead atoms. The number of nitrogens with zero attached hydrogens (tertiary/aromatic N) is 3. The topological polar surface area (TPSA) is 50.7 Å². The first-order chi connectivity index (χ1) is 6.86. The molecule has 2 aromatic heterocycles. The van der Waals surface area contributed by atoms with Crippen molar-refractivity contribution in [3.05, 3.63) is 36.3 Å². The molecular formula is C9H10N4S. The number of aromatic nitrogens is 3. The summed E-state index contributed by atoms with van der Waals surface area (Å²) in [6.45, 7) is 2.08. The summed E-state index contributed by atoms with van der Waals surface area (Å²) in [5.41, 5.74) is 1.15.